The standard InChI is InChI=1S/C21H23N3O/c1-14-5-6-16(10-15(14)2)13-24(18-7-8-18)20(25)11-17-12-23-21-19(17)4-3-9-22-21/h3-6,9-10,12,18H,7-8,11,13H2,1-2H3,(H,22,23). The molecule has 4 nitrogen and oxygen atoms in total. The number of aromatic nitrogens is 2. The Balaban J connectivity index is 1.54. The highest BCUT2D eigenvalue weighted by Gasteiger charge is 2.32. The van der Waals surface area contributed by atoms with Crippen LogP contribution in [0.15, 0.2) is 42.7 Å². The molecule has 0 atom stereocenters. The van der Waals surface area contributed by atoms with Crippen molar-refractivity contribution in [2.24, 2.45) is 0 Å². The number of fused-ring (bicyclic) bond motifs is 1. The number of carbonyl (C=O) groups is 1. The monoisotopic (exact) mass is 333 g/mol. The molecule has 128 valence electrons. The van der Waals surface area contributed by atoms with Crippen molar-refractivity contribution in [1.29, 1.82) is 0 Å². The van der Waals surface area contributed by atoms with Gasteiger partial charge in [0.05, 0.1) is 6.42 Å². The van der Waals surface area contributed by atoms with Crippen LogP contribution in [0.5, 0.6) is 0 Å². The summed E-state index contributed by atoms with van der Waals surface area (Å²) in [6, 6.07) is 10.8. The van der Waals surface area contributed by atoms with E-state index in [1.807, 2.05) is 18.3 Å². The molecule has 0 radical (unpaired) electrons. The summed E-state index contributed by atoms with van der Waals surface area (Å²) in [5.41, 5.74) is 5.66. The highest BCUT2D eigenvalue weighted by atomic mass is 16.2. The van der Waals surface area contributed by atoms with Gasteiger partial charge in [-0.3, -0.25) is 4.79 Å². The van der Waals surface area contributed by atoms with Gasteiger partial charge in [-0.05, 0) is 61.1 Å². The first-order chi connectivity index (χ1) is 12.1. The minimum Gasteiger partial charge on any atom is -0.346 e. The molecule has 4 rings (SSSR count). The molecule has 1 amide bonds. The number of hydrogen-bond donors (Lipinski definition) is 1. The Kier molecular flexibility index (Phi) is 4.04. The van der Waals surface area contributed by atoms with Crippen LogP contribution in [0.4, 0.5) is 0 Å². The zero-order valence-corrected chi connectivity index (χ0v) is 14.7. The zero-order valence-electron chi connectivity index (χ0n) is 14.7. The third-order valence-corrected chi connectivity index (χ3v) is 5.11. The summed E-state index contributed by atoms with van der Waals surface area (Å²) in [6.45, 7) is 4.94. The van der Waals surface area contributed by atoms with Gasteiger partial charge in [0, 0.05) is 30.4 Å². The van der Waals surface area contributed by atoms with E-state index in [4.69, 9.17) is 0 Å². The van der Waals surface area contributed by atoms with Gasteiger partial charge in [0.1, 0.15) is 5.65 Å². The first-order valence-electron chi connectivity index (χ1n) is 8.88. The number of aryl methyl sites for hydroxylation is 2. The van der Waals surface area contributed by atoms with Crippen molar-refractivity contribution in [2.75, 3.05) is 0 Å². The van der Waals surface area contributed by atoms with Crippen LogP contribution >= 0.6 is 0 Å². The maximum absolute atomic E-state index is 13.0. The lowest BCUT2D eigenvalue weighted by Crippen LogP contribution is -2.33. The Hall–Kier alpha value is -2.62. The van der Waals surface area contributed by atoms with Crippen molar-refractivity contribution < 1.29 is 4.79 Å². The topological polar surface area (TPSA) is 49.0 Å². The second kappa shape index (κ2) is 6.36. The van der Waals surface area contributed by atoms with Crippen LogP contribution in [-0.4, -0.2) is 26.8 Å². The first-order valence-corrected chi connectivity index (χ1v) is 8.88. The van der Waals surface area contributed by atoms with Crippen molar-refractivity contribution in [3.8, 4) is 0 Å². The minimum absolute atomic E-state index is 0.200. The second-order valence-electron chi connectivity index (χ2n) is 7.06. The Bertz CT molecular complexity index is 924. The smallest absolute Gasteiger partial charge is 0.227 e. The van der Waals surface area contributed by atoms with E-state index in [9.17, 15) is 4.79 Å². The summed E-state index contributed by atoms with van der Waals surface area (Å²) >= 11 is 0. The molecule has 1 aromatic carbocycles. The number of pyridine rings is 1. The number of aromatic amines is 1. The average Bonchev–Trinajstić information content (AvgIpc) is 3.37. The molecule has 1 aliphatic rings. The van der Waals surface area contributed by atoms with E-state index in [1.54, 1.807) is 6.20 Å². The Morgan fingerprint density at radius 3 is 2.84 bits per heavy atom. The van der Waals surface area contributed by atoms with Gasteiger partial charge in [-0.1, -0.05) is 18.2 Å². The van der Waals surface area contributed by atoms with Crippen LogP contribution in [0.25, 0.3) is 11.0 Å². The van der Waals surface area contributed by atoms with Gasteiger partial charge < -0.3 is 9.88 Å². The lowest BCUT2D eigenvalue weighted by Gasteiger charge is -2.23. The van der Waals surface area contributed by atoms with Crippen molar-refractivity contribution in [2.45, 2.75) is 45.7 Å². The van der Waals surface area contributed by atoms with Gasteiger partial charge in [0.2, 0.25) is 5.91 Å². The lowest BCUT2D eigenvalue weighted by atomic mass is 10.1. The van der Waals surface area contributed by atoms with E-state index < -0.39 is 0 Å². The molecule has 0 aliphatic heterocycles. The van der Waals surface area contributed by atoms with E-state index in [-0.39, 0.29) is 5.91 Å². The quantitative estimate of drug-likeness (QED) is 0.769. The maximum atomic E-state index is 13.0. The molecule has 0 spiro atoms. The third kappa shape index (κ3) is 3.29. The molecule has 1 saturated carbocycles. The van der Waals surface area contributed by atoms with E-state index in [0.29, 0.717) is 19.0 Å². The molecule has 1 aliphatic carbocycles. The summed E-state index contributed by atoms with van der Waals surface area (Å²) in [6.07, 6.45) is 6.34. The van der Waals surface area contributed by atoms with E-state index in [0.717, 1.165) is 29.4 Å². The zero-order chi connectivity index (χ0) is 17.4. The predicted molar refractivity (Wildman–Crippen MR) is 99.3 cm³/mol. The molecular formula is C21H23N3O. The number of H-pyrrole nitrogens is 1. The number of amides is 1. The summed E-state index contributed by atoms with van der Waals surface area (Å²) in [4.78, 5) is 22.5. The summed E-state index contributed by atoms with van der Waals surface area (Å²) in [5, 5.41) is 1.04. The molecule has 4 heteroatoms. The summed E-state index contributed by atoms with van der Waals surface area (Å²) in [5.74, 6) is 0.200. The third-order valence-electron chi connectivity index (χ3n) is 5.11. The SMILES string of the molecule is Cc1ccc(CN(C(=O)Cc2c[nH]c3ncccc23)C2CC2)cc1C. The Morgan fingerprint density at radius 1 is 1.24 bits per heavy atom. The molecule has 3 aromatic rings. The largest absolute Gasteiger partial charge is 0.346 e. The fourth-order valence-electron chi connectivity index (χ4n) is 3.33. The molecular weight excluding hydrogens is 310 g/mol. The van der Waals surface area contributed by atoms with Crippen LogP contribution in [0.1, 0.15) is 35.1 Å². The lowest BCUT2D eigenvalue weighted by molar-refractivity contribution is -0.131. The molecule has 0 bridgehead atoms. The van der Waals surface area contributed by atoms with Gasteiger partial charge in [-0.2, -0.15) is 0 Å². The fourth-order valence-corrected chi connectivity index (χ4v) is 3.33. The molecule has 2 aromatic heterocycles. The predicted octanol–water partition coefficient (Wildman–Crippen LogP) is 3.91. The number of hydrogen-bond acceptors (Lipinski definition) is 2. The highest BCUT2D eigenvalue weighted by Crippen LogP contribution is 2.30. The van der Waals surface area contributed by atoms with Gasteiger partial charge >= 0.3 is 0 Å². The summed E-state index contributed by atoms with van der Waals surface area (Å²) in [7, 11) is 0. The number of carbonyl (C=O) groups excluding carboxylic acids is 1. The van der Waals surface area contributed by atoms with Gasteiger partial charge in [-0.15, -0.1) is 0 Å². The van der Waals surface area contributed by atoms with E-state index in [2.05, 4.69) is 46.9 Å². The average molecular weight is 333 g/mol. The molecule has 0 unspecified atom stereocenters. The van der Waals surface area contributed by atoms with Crippen molar-refractivity contribution in [3.63, 3.8) is 0 Å². The van der Waals surface area contributed by atoms with Crippen molar-refractivity contribution >= 4 is 16.9 Å². The molecule has 2 heterocycles. The van der Waals surface area contributed by atoms with Crippen LogP contribution in [0, 0.1) is 13.8 Å². The molecule has 25 heavy (non-hydrogen) atoms. The van der Waals surface area contributed by atoms with E-state index >= 15 is 0 Å². The molecule has 0 saturated heterocycles. The number of benzene rings is 1. The molecule has 1 N–H and O–H groups in total. The highest BCUT2D eigenvalue weighted by molar-refractivity contribution is 5.87. The number of nitrogens with one attached hydrogen (secondary N) is 1. The van der Waals surface area contributed by atoms with E-state index in [1.165, 1.54) is 16.7 Å². The Morgan fingerprint density at radius 2 is 2.08 bits per heavy atom. The molecule has 1 fully saturated rings. The van der Waals surface area contributed by atoms with Crippen LogP contribution < -0.4 is 0 Å². The van der Waals surface area contributed by atoms with Gasteiger partial charge in [0.15, 0.2) is 0 Å². The van der Waals surface area contributed by atoms with Gasteiger partial charge in [-0.25, -0.2) is 4.98 Å². The number of nitrogens with zero attached hydrogens (tertiary/aromatic N) is 2. The second-order valence-corrected chi connectivity index (χ2v) is 7.06. The normalized spacial score (nSPS) is 14.0. The van der Waals surface area contributed by atoms with Crippen LogP contribution in [0.2, 0.25) is 0 Å². The first kappa shape index (κ1) is 15.9. The van der Waals surface area contributed by atoms with Crippen LogP contribution in [-0.2, 0) is 17.8 Å². The van der Waals surface area contributed by atoms with Crippen LogP contribution in [0.3, 0.4) is 0 Å². The summed E-state index contributed by atoms with van der Waals surface area (Å²) < 4.78 is 0. The fraction of sp³-hybridized carbons (Fsp3) is 0.333. The Labute approximate surface area is 147 Å². The van der Waals surface area contributed by atoms with Crippen molar-refractivity contribution in [3.05, 3.63) is 65.0 Å². The minimum atomic E-state index is 0.200. The maximum Gasteiger partial charge on any atom is 0.227 e. The van der Waals surface area contributed by atoms with Gasteiger partial charge in [0.25, 0.3) is 0 Å². The van der Waals surface area contributed by atoms with Crippen molar-refractivity contribution in [1.82, 2.24) is 14.9 Å². The number of rotatable bonds is 5.